The summed E-state index contributed by atoms with van der Waals surface area (Å²) in [7, 11) is 2.54. The summed E-state index contributed by atoms with van der Waals surface area (Å²) in [6.07, 6.45) is -20.0. The average molecular weight is 657 g/mol. The fourth-order valence-electron chi connectivity index (χ4n) is 6.08. The fraction of sp³-hybridized carbons (Fsp3) is 0.552. The number of Topliss-reactive ketones (excluding diaryl/α,β-unsaturated/α-hetero) is 1. The van der Waals surface area contributed by atoms with Gasteiger partial charge in [0.05, 0.1) is 45.0 Å². The lowest BCUT2D eigenvalue weighted by Crippen LogP contribution is -2.55. The number of aliphatic hydroxyl groups is 8. The molecule has 2 fully saturated rings. The molecule has 17 nitrogen and oxygen atoms in total. The Balaban J connectivity index is 1.73. The number of fused-ring (bicyclic) bond motifs is 1. The zero-order valence-electron chi connectivity index (χ0n) is 24.5. The first-order valence-electron chi connectivity index (χ1n) is 14.2. The van der Waals surface area contributed by atoms with Gasteiger partial charge in [-0.1, -0.05) is 0 Å². The predicted molar refractivity (Wildman–Crippen MR) is 149 cm³/mol. The number of methoxy groups -OCH3 is 2. The molecule has 0 saturated carbocycles. The maximum atomic E-state index is 13.8. The van der Waals surface area contributed by atoms with Gasteiger partial charge >= 0.3 is 0 Å². The Morgan fingerprint density at radius 2 is 1.17 bits per heavy atom. The monoisotopic (exact) mass is 656 g/mol. The van der Waals surface area contributed by atoms with Crippen molar-refractivity contribution in [1.29, 1.82) is 0 Å². The summed E-state index contributed by atoms with van der Waals surface area (Å²) in [5, 5.41) is 116. The van der Waals surface area contributed by atoms with Crippen molar-refractivity contribution in [2.75, 3.05) is 27.4 Å². The van der Waals surface area contributed by atoms with E-state index < -0.39 is 127 Å². The van der Waals surface area contributed by atoms with Gasteiger partial charge in [0, 0.05) is 5.56 Å². The van der Waals surface area contributed by atoms with Gasteiger partial charge < -0.3 is 79.9 Å². The third kappa shape index (κ3) is 5.37. The van der Waals surface area contributed by atoms with Crippen LogP contribution in [0, 0.1) is 0 Å². The lowest BCUT2D eigenvalue weighted by atomic mass is 9.82. The van der Waals surface area contributed by atoms with E-state index in [0.29, 0.717) is 0 Å². The lowest BCUT2D eigenvalue weighted by Gasteiger charge is -2.43. The molecule has 254 valence electrons. The molecule has 3 aliphatic rings. The highest BCUT2D eigenvalue weighted by Gasteiger charge is 2.51. The molecular formula is C29H36O17. The Morgan fingerprint density at radius 1 is 0.696 bits per heavy atom. The normalized spacial score (nSPS) is 34.5. The van der Waals surface area contributed by atoms with E-state index >= 15 is 0 Å². The van der Waals surface area contributed by atoms with Crippen molar-refractivity contribution in [3.05, 3.63) is 34.4 Å². The first kappa shape index (κ1) is 33.9. The summed E-state index contributed by atoms with van der Waals surface area (Å²) in [5.41, 5.74) is -1.66. The summed E-state index contributed by atoms with van der Waals surface area (Å²) in [6.45, 7) is -1.73. The minimum Gasteiger partial charge on any atom is -0.507 e. The fourth-order valence-corrected chi connectivity index (χ4v) is 6.08. The van der Waals surface area contributed by atoms with E-state index in [2.05, 4.69) is 0 Å². The van der Waals surface area contributed by atoms with Crippen LogP contribution in [-0.2, 0) is 9.47 Å². The molecule has 0 spiro atoms. The van der Waals surface area contributed by atoms with E-state index in [1.807, 2.05) is 0 Å². The van der Waals surface area contributed by atoms with Crippen LogP contribution in [0.25, 0.3) is 0 Å². The van der Waals surface area contributed by atoms with Crippen LogP contribution in [0.15, 0.2) is 12.1 Å². The molecule has 0 amide bonds. The average Bonchev–Trinajstić information content (AvgIpc) is 3.04. The predicted octanol–water partition coefficient (Wildman–Crippen LogP) is -2.44. The van der Waals surface area contributed by atoms with E-state index in [0.717, 1.165) is 0 Å². The highest BCUT2D eigenvalue weighted by atomic mass is 16.6. The number of phenolic OH excluding ortho intramolecular Hbond substituents is 3. The van der Waals surface area contributed by atoms with Crippen LogP contribution in [0.1, 0.15) is 51.8 Å². The molecule has 2 aromatic carbocycles. The second-order valence-corrected chi connectivity index (χ2v) is 11.2. The van der Waals surface area contributed by atoms with E-state index in [-0.39, 0.29) is 22.8 Å². The minimum atomic E-state index is -2.04. The van der Waals surface area contributed by atoms with Crippen LogP contribution in [-0.4, -0.2) is 138 Å². The van der Waals surface area contributed by atoms with Crippen LogP contribution in [0.3, 0.4) is 0 Å². The molecule has 0 radical (unpaired) electrons. The Kier molecular flexibility index (Phi) is 9.54. The van der Waals surface area contributed by atoms with Crippen LogP contribution >= 0.6 is 0 Å². The van der Waals surface area contributed by atoms with Crippen molar-refractivity contribution in [1.82, 2.24) is 0 Å². The molecule has 3 heterocycles. The Labute approximate surface area is 260 Å². The lowest BCUT2D eigenvalue weighted by molar-refractivity contribution is -0.234. The second kappa shape index (κ2) is 13.0. The summed E-state index contributed by atoms with van der Waals surface area (Å²) in [4.78, 5) is 13.8. The van der Waals surface area contributed by atoms with Crippen molar-refractivity contribution >= 4 is 5.78 Å². The highest BCUT2D eigenvalue weighted by molar-refractivity contribution is 6.04. The van der Waals surface area contributed by atoms with Gasteiger partial charge in [-0.2, -0.15) is 0 Å². The molecular weight excluding hydrogens is 620 g/mol. The van der Waals surface area contributed by atoms with Gasteiger partial charge in [0.25, 0.3) is 0 Å². The molecule has 0 aromatic heterocycles. The van der Waals surface area contributed by atoms with E-state index in [9.17, 15) is 61.0 Å². The van der Waals surface area contributed by atoms with Gasteiger partial charge in [-0.05, 0) is 12.1 Å². The number of carbonyl (C=O) groups is 1. The molecule has 2 aromatic rings. The Bertz CT molecular complexity index is 1430. The van der Waals surface area contributed by atoms with Gasteiger partial charge in [-0.15, -0.1) is 0 Å². The molecule has 0 bridgehead atoms. The van der Waals surface area contributed by atoms with E-state index in [1.54, 1.807) is 0 Å². The zero-order chi connectivity index (χ0) is 33.8. The quantitative estimate of drug-likeness (QED) is 0.148. The van der Waals surface area contributed by atoms with E-state index in [4.69, 9.17) is 23.7 Å². The molecule has 5 rings (SSSR count). The summed E-state index contributed by atoms with van der Waals surface area (Å²) in [5.74, 6) is -3.80. The number of carbonyl (C=O) groups excluding carboxylic acids is 1. The SMILES string of the molecule is COc1cc(C2CC(=O)c3c(O)c([C@@H]4O[C@H](CO)[C@@H](O)[C@H](O)[C@H]4O)c(O)c([C@@H]4O[C@H](CO)[C@@H](O)[C@H](O)[C@H]4O)c3O2)cc(OC)c1O. The van der Waals surface area contributed by atoms with Gasteiger partial charge in [0.2, 0.25) is 5.75 Å². The molecule has 11 N–H and O–H groups in total. The maximum Gasteiger partial charge on any atom is 0.200 e. The van der Waals surface area contributed by atoms with Crippen molar-refractivity contribution in [2.45, 2.75) is 73.6 Å². The first-order chi connectivity index (χ1) is 21.8. The number of hydrogen-bond donors (Lipinski definition) is 11. The number of benzene rings is 2. The Morgan fingerprint density at radius 3 is 1.63 bits per heavy atom. The molecule has 1 unspecified atom stereocenters. The van der Waals surface area contributed by atoms with Gasteiger partial charge in [0.15, 0.2) is 17.3 Å². The number of ether oxygens (including phenoxy) is 5. The molecule has 46 heavy (non-hydrogen) atoms. The number of hydrogen-bond acceptors (Lipinski definition) is 17. The molecule has 0 aliphatic carbocycles. The number of aromatic hydroxyl groups is 3. The van der Waals surface area contributed by atoms with E-state index in [1.165, 1.54) is 26.4 Å². The van der Waals surface area contributed by atoms with Gasteiger partial charge in [0.1, 0.15) is 90.0 Å². The number of phenols is 3. The van der Waals surface area contributed by atoms with Crippen LogP contribution in [0.4, 0.5) is 0 Å². The van der Waals surface area contributed by atoms with Gasteiger partial charge in [-0.25, -0.2) is 0 Å². The van der Waals surface area contributed by atoms with Crippen LogP contribution < -0.4 is 14.2 Å². The zero-order valence-corrected chi connectivity index (χ0v) is 24.5. The molecule has 17 heteroatoms. The van der Waals surface area contributed by atoms with Crippen molar-refractivity contribution in [2.24, 2.45) is 0 Å². The smallest absolute Gasteiger partial charge is 0.200 e. The third-order valence-electron chi connectivity index (χ3n) is 8.61. The van der Waals surface area contributed by atoms with Crippen molar-refractivity contribution < 1.29 is 84.7 Å². The number of ketones is 1. The largest absolute Gasteiger partial charge is 0.507 e. The van der Waals surface area contributed by atoms with Crippen molar-refractivity contribution in [3.8, 4) is 34.5 Å². The molecule has 11 atom stereocenters. The Hall–Kier alpha value is -3.49. The number of rotatable bonds is 7. The summed E-state index contributed by atoms with van der Waals surface area (Å²) >= 11 is 0. The van der Waals surface area contributed by atoms with Crippen LogP contribution in [0.2, 0.25) is 0 Å². The highest BCUT2D eigenvalue weighted by Crippen LogP contribution is 2.56. The van der Waals surface area contributed by atoms with Gasteiger partial charge in [-0.3, -0.25) is 4.79 Å². The molecule has 3 aliphatic heterocycles. The second-order valence-electron chi connectivity index (χ2n) is 11.2. The van der Waals surface area contributed by atoms with Crippen LogP contribution in [0.5, 0.6) is 34.5 Å². The first-order valence-corrected chi connectivity index (χ1v) is 14.2. The maximum absolute atomic E-state index is 13.8. The minimum absolute atomic E-state index is 0.0472. The number of aliphatic hydroxyl groups excluding tert-OH is 8. The third-order valence-corrected chi connectivity index (χ3v) is 8.61. The summed E-state index contributed by atoms with van der Waals surface area (Å²) in [6, 6.07) is 2.69. The van der Waals surface area contributed by atoms with Crippen molar-refractivity contribution in [3.63, 3.8) is 0 Å². The topological polar surface area (TPSA) is 286 Å². The summed E-state index contributed by atoms with van der Waals surface area (Å²) < 4.78 is 27.7. The molecule has 2 saturated heterocycles. The standard InChI is InChI=1S/C29H36O17/c1-42-11-3-8(4-12(43-2)18(11)33)10-5-9(32)15-21(36)16(28-25(40)23(38)19(34)13(6-30)45-28)22(37)17(27(15)44-10)29-26(41)24(39)20(35)14(7-31)46-29/h3-4,10,13-14,19-20,23-26,28-31,33-41H,5-7H2,1-2H3/t10?,13-,14-,19-,20-,23+,24+,25-,26-,28+,29+/m1/s1.